The Bertz CT molecular complexity index is 934. The van der Waals surface area contributed by atoms with Gasteiger partial charge >= 0.3 is 5.97 Å². The van der Waals surface area contributed by atoms with Gasteiger partial charge < -0.3 is 4.74 Å². The number of benzene rings is 2. The van der Waals surface area contributed by atoms with E-state index in [1.54, 1.807) is 24.3 Å². The predicted molar refractivity (Wildman–Crippen MR) is 101 cm³/mol. The number of halogens is 1. The highest BCUT2D eigenvalue weighted by molar-refractivity contribution is 6.35. The Morgan fingerprint density at radius 1 is 0.963 bits per heavy atom. The van der Waals surface area contributed by atoms with Gasteiger partial charge in [0.05, 0.1) is 22.4 Å². The Labute approximate surface area is 161 Å². The third-order valence-corrected chi connectivity index (χ3v) is 5.25. The van der Waals surface area contributed by atoms with Gasteiger partial charge in [0.15, 0.2) is 0 Å². The number of anilines is 1. The van der Waals surface area contributed by atoms with Gasteiger partial charge in [0.2, 0.25) is 0 Å². The van der Waals surface area contributed by atoms with Gasteiger partial charge in [-0.3, -0.25) is 9.59 Å². The second-order valence-corrected chi connectivity index (χ2v) is 7.29. The van der Waals surface area contributed by atoms with Gasteiger partial charge in [0, 0.05) is 5.02 Å². The zero-order chi connectivity index (χ0) is 19.0. The van der Waals surface area contributed by atoms with Crippen LogP contribution >= 0.6 is 11.6 Å². The van der Waals surface area contributed by atoms with Crippen molar-refractivity contribution in [1.29, 1.82) is 0 Å². The van der Waals surface area contributed by atoms with Crippen LogP contribution in [0.1, 0.15) is 63.2 Å². The van der Waals surface area contributed by atoms with Crippen LogP contribution < -0.4 is 4.90 Å². The Hall–Kier alpha value is -2.66. The molecule has 2 aromatic rings. The molecule has 6 heteroatoms. The van der Waals surface area contributed by atoms with Gasteiger partial charge in [-0.05, 0) is 62.1 Å². The van der Waals surface area contributed by atoms with Crippen molar-refractivity contribution in [2.45, 2.75) is 38.2 Å². The molecular weight excluding hydrogens is 366 g/mol. The quantitative estimate of drug-likeness (QED) is 0.572. The van der Waals surface area contributed by atoms with E-state index in [0.29, 0.717) is 10.7 Å². The van der Waals surface area contributed by atoms with Gasteiger partial charge in [-0.25, -0.2) is 9.69 Å². The molecule has 0 saturated heterocycles. The van der Waals surface area contributed by atoms with E-state index in [2.05, 4.69) is 0 Å². The van der Waals surface area contributed by atoms with Crippen LogP contribution in [0.25, 0.3) is 0 Å². The van der Waals surface area contributed by atoms with Gasteiger partial charge in [-0.1, -0.05) is 24.1 Å². The molecule has 5 nitrogen and oxygen atoms in total. The second kappa shape index (κ2) is 7.16. The van der Waals surface area contributed by atoms with Crippen LogP contribution in [0.4, 0.5) is 5.69 Å². The Balaban J connectivity index is 1.59. The second-order valence-electron chi connectivity index (χ2n) is 6.85. The molecule has 0 bridgehead atoms. The summed E-state index contributed by atoms with van der Waals surface area (Å²) in [4.78, 5) is 39.0. The number of hydrogen-bond donors (Lipinski definition) is 0. The van der Waals surface area contributed by atoms with E-state index in [4.69, 9.17) is 16.3 Å². The SMILES string of the molecule is O=C(OC1CCCCC1)c1ccc2c(c1)C(=O)N(c1cccc(Cl)c1)C2=O. The first-order chi connectivity index (χ1) is 13.0. The number of imide groups is 1. The molecule has 0 N–H and O–H groups in total. The lowest BCUT2D eigenvalue weighted by atomic mass is 9.97. The minimum absolute atomic E-state index is 0.0696. The minimum atomic E-state index is -0.468. The van der Waals surface area contributed by atoms with Gasteiger partial charge in [-0.15, -0.1) is 0 Å². The van der Waals surface area contributed by atoms with Crippen LogP contribution in [-0.2, 0) is 4.74 Å². The monoisotopic (exact) mass is 383 g/mol. The van der Waals surface area contributed by atoms with E-state index in [0.717, 1.165) is 30.6 Å². The number of hydrogen-bond acceptors (Lipinski definition) is 4. The van der Waals surface area contributed by atoms with Crippen molar-refractivity contribution in [2.24, 2.45) is 0 Å². The van der Waals surface area contributed by atoms with Crippen LogP contribution in [0.2, 0.25) is 5.02 Å². The number of rotatable bonds is 3. The fourth-order valence-electron chi connectivity index (χ4n) is 3.62. The smallest absolute Gasteiger partial charge is 0.338 e. The van der Waals surface area contributed by atoms with Crippen molar-refractivity contribution in [1.82, 2.24) is 0 Å². The van der Waals surface area contributed by atoms with E-state index >= 15 is 0 Å². The van der Waals surface area contributed by atoms with Gasteiger partial charge in [-0.2, -0.15) is 0 Å². The fraction of sp³-hybridized carbons (Fsp3) is 0.286. The van der Waals surface area contributed by atoms with Gasteiger partial charge in [0.1, 0.15) is 6.10 Å². The lowest BCUT2D eigenvalue weighted by Gasteiger charge is -2.21. The first kappa shape index (κ1) is 17.7. The lowest BCUT2D eigenvalue weighted by molar-refractivity contribution is 0.0211. The number of carbonyl (C=O) groups excluding carboxylic acids is 3. The number of fused-ring (bicyclic) bond motifs is 1. The maximum Gasteiger partial charge on any atom is 0.338 e. The minimum Gasteiger partial charge on any atom is -0.459 e. The summed E-state index contributed by atoms with van der Waals surface area (Å²) in [5, 5.41) is 0.431. The fourth-order valence-corrected chi connectivity index (χ4v) is 3.80. The summed E-state index contributed by atoms with van der Waals surface area (Å²) >= 11 is 5.98. The average Bonchev–Trinajstić information content (AvgIpc) is 2.92. The molecule has 27 heavy (non-hydrogen) atoms. The third kappa shape index (κ3) is 3.35. The number of carbonyl (C=O) groups is 3. The molecule has 2 amide bonds. The molecule has 1 aliphatic heterocycles. The summed E-state index contributed by atoms with van der Waals surface area (Å²) < 4.78 is 5.56. The molecule has 2 aromatic carbocycles. The first-order valence-corrected chi connectivity index (χ1v) is 9.42. The number of esters is 1. The van der Waals surface area contributed by atoms with Crippen molar-refractivity contribution in [3.8, 4) is 0 Å². The van der Waals surface area contributed by atoms with E-state index in [1.807, 2.05) is 0 Å². The van der Waals surface area contributed by atoms with Crippen molar-refractivity contribution >= 4 is 35.1 Å². The van der Waals surface area contributed by atoms with Crippen LogP contribution in [0.3, 0.4) is 0 Å². The van der Waals surface area contributed by atoms with Crippen molar-refractivity contribution < 1.29 is 19.1 Å². The highest BCUT2D eigenvalue weighted by atomic mass is 35.5. The molecule has 0 radical (unpaired) electrons. The molecule has 0 aromatic heterocycles. The van der Waals surface area contributed by atoms with Crippen LogP contribution in [-0.4, -0.2) is 23.9 Å². The van der Waals surface area contributed by atoms with E-state index < -0.39 is 17.8 Å². The molecule has 0 spiro atoms. The largest absolute Gasteiger partial charge is 0.459 e. The first-order valence-electron chi connectivity index (χ1n) is 9.04. The molecule has 4 rings (SSSR count). The molecule has 1 aliphatic carbocycles. The van der Waals surface area contributed by atoms with Crippen molar-refractivity contribution in [3.05, 3.63) is 64.2 Å². The highest BCUT2D eigenvalue weighted by Gasteiger charge is 2.37. The van der Waals surface area contributed by atoms with E-state index in [9.17, 15) is 14.4 Å². The van der Waals surface area contributed by atoms with Crippen LogP contribution in [0.5, 0.6) is 0 Å². The Morgan fingerprint density at radius 2 is 1.70 bits per heavy atom. The molecule has 1 fully saturated rings. The summed E-state index contributed by atoms with van der Waals surface area (Å²) in [6.45, 7) is 0. The average molecular weight is 384 g/mol. The number of nitrogens with zero attached hydrogens (tertiary/aromatic N) is 1. The number of ether oxygens (including phenoxy) is 1. The molecule has 138 valence electrons. The molecule has 0 atom stereocenters. The van der Waals surface area contributed by atoms with Gasteiger partial charge in [0.25, 0.3) is 11.8 Å². The predicted octanol–water partition coefficient (Wildman–Crippen LogP) is 4.63. The molecule has 1 heterocycles. The molecule has 1 saturated carbocycles. The molecule has 2 aliphatic rings. The lowest BCUT2D eigenvalue weighted by Crippen LogP contribution is -2.29. The zero-order valence-corrected chi connectivity index (χ0v) is 15.4. The number of amides is 2. The van der Waals surface area contributed by atoms with Crippen LogP contribution in [0.15, 0.2) is 42.5 Å². The van der Waals surface area contributed by atoms with E-state index in [-0.39, 0.29) is 22.8 Å². The summed E-state index contributed by atoms with van der Waals surface area (Å²) in [7, 11) is 0. The topological polar surface area (TPSA) is 63.7 Å². The molecule has 0 unspecified atom stereocenters. The van der Waals surface area contributed by atoms with Crippen LogP contribution in [0, 0.1) is 0 Å². The molecular formula is C21H18ClNO4. The maximum absolute atomic E-state index is 12.8. The zero-order valence-electron chi connectivity index (χ0n) is 14.6. The Morgan fingerprint density at radius 3 is 2.44 bits per heavy atom. The standard InChI is InChI=1S/C21H18ClNO4/c22-14-5-4-6-15(12-14)23-19(24)17-10-9-13(11-18(17)20(23)25)21(26)27-16-7-2-1-3-8-16/h4-6,9-12,16H,1-3,7-8H2. The van der Waals surface area contributed by atoms with E-state index in [1.165, 1.54) is 24.6 Å². The normalized spacial score (nSPS) is 17.1. The summed E-state index contributed by atoms with van der Waals surface area (Å²) in [6, 6.07) is 11.0. The summed E-state index contributed by atoms with van der Waals surface area (Å²) in [5.74, 6) is -1.35. The maximum atomic E-state index is 12.8. The third-order valence-electron chi connectivity index (χ3n) is 5.01. The Kier molecular flexibility index (Phi) is 4.70. The highest BCUT2D eigenvalue weighted by Crippen LogP contribution is 2.31. The summed E-state index contributed by atoms with van der Waals surface area (Å²) in [6.07, 6.45) is 4.96. The van der Waals surface area contributed by atoms with Crippen molar-refractivity contribution in [3.63, 3.8) is 0 Å². The summed E-state index contributed by atoms with van der Waals surface area (Å²) in [5.41, 5.74) is 1.17. The van der Waals surface area contributed by atoms with Crippen molar-refractivity contribution in [2.75, 3.05) is 4.90 Å².